The van der Waals surface area contributed by atoms with E-state index in [1.54, 1.807) is 6.20 Å². The van der Waals surface area contributed by atoms with E-state index < -0.39 is 0 Å². The van der Waals surface area contributed by atoms with E-state index in [4.69, 9.17) is 0 Å². The molecule has 2 N–H and O–H groups in total. The molecule has 0 unspecified atom stereocenters. The van der Waals surface area contributed by atoms with Crippen molar-refractivity contribution in [2.24, 2.45) is 0 Å². The monoisotopic (exact) mass is 488 g/mol. The van der Waals surface area contributed by atoms with Crippen molar-refractivity contribution in [3.8, 4) is 11.1 Å². The summed E-state index contributed by atoms with van der Waals surface area (Å²) < 4.78 is 0. The molecule has 37 heavy (non-hydrogen) atoms. The summed E-state index contributed by atoms with van der Waals surface area (Å²) in [6.45, 7) is 6.65. The van der Waals surface area contributed by atoms with Crippen LogP contribution in [0.5, 0.6) is 0 Å². The van der Waals surface area contributed by atoms with Gasteiger partial charge in [0.2, 0.25) is 5.91 Å². The first kappa shape index (κ1) is 24.3. The molecule has 5 nitrogen and oxygen atoms in total. The smallest absolute Gasteiger partial charge is 0.228 e. The second kappa shape index (κ2) is 9.94. The molecule has 186 valence electrons. The Morgan fingerprint density at radius 1 is 0.973 bits per heavy atom. The molecule has 0 atom stereocenters. The molecule has 0 aliphatic carbocycles. The van der Waals surface area contributed by atoms with E-state index in [2.05, 4.69) is 77.4 Å². The van der Waals surface area contributed by atoms with Crippen LogP contribution >= 0.6 is 0 Å². The summed E-state index contributed by atoms with van der Waals surface area (Å²) in [5, 5.41) is 4.19. The van der Waals surface area contributed by atoms with Crippen LogP contribution in [-0.2, 0) is 16.6 Å². The summed E-state index contributed by atoms with van der Waals surface area (Å²) in [6, 6.07) is 26.8. The molecule has 0 bridgehead atoms. The zero-order valence-electron chi connectivity index (χ0n) is 21.7. The lowest BCUT2D eigenvalue weighted by Gasteiger charge is -2.24. The molecule has 0 saturated carbocycles. The first-order valence-electron chi connectivity index (χ1n) is 12.5. The Labute approximate surface area is 218 Å². The molecule has 0 spiro atoms. The van der Waals surface area contributed by atoms with Gasteiger partial charge in [-0.3, -0.25) is 9.78 Å². The van der Waals surface area contributed by atoms with Gasteiger partial charge in [-0.05, 0) is 58.5 Å². The number of pyridine rings is 1. The molecule has 2 aromatic heterocycles. The van der Waals surface area contributed by atoms with Crippen molar-refractivity contribution in [3.63, 3.8) is 0 Å². The molecular weight excluding hydrogens is 456 g/mol. The fraction of sp³-hybridized carbons (Fsp3) is 0.188. The summed E-state index contributed by atoms with van der Waals surface area (Å²) in [5.41, 5.74) is 8.30. The molecule has 0 fully saturated rings. The fourth-order valence-corrected chi connectivity index (χ4v) is 4.63. The predicted octanol–water partition coefficient (Wildman–Crippen LogP) is 7.48. The first-order chi connectivity index (χ1) is 17.8. The number of nitrogens with one attached hydrogen (secondary N) is 2. The average molecular weight is 489 g/mol. The van der Waals surface area contributed by atoms with E-state index in [0.717, 1.165) is 44.7 Å². The standard InChI is InChI=1S/C32H32N4O/c1-32(2,3)24-13-11-22(12-14-24)28-19-25(15-16-30(28)36(4)26-8-7-17-33-21-26)35-31(37)18-23-20-34-29-10-6-5-9-27(23)29/h5-17,19-21,34H,18H2,1-4H3,(H,35,37). The van der Waals surface area contributed by atoms with E-state index in [-0.39, 0.29) is 11.3 Å². The third-order valence-electron chi connectivity index (χ3n) is 6.76. The summed E-state index contributed by atoms with van der Waals surface area (Å²) in [4.78, 5) is 22.7. The Kier molecular flexibility index (Phi) is 6.53. The van der Waals surface area contributed by atoms with Gasteiger partial charge in [-0.2, -0.15) is 0 Å². The Morgan fingerprint density at radius 3 is 2.49 bits per heavy atom. The molecule has 2 heterocycles. The van der Waals surface area contributed by atoms with Crippen LogP contribution in [0.2, 0.25) is 0 Å². The van der Waals surface area contributed by atoms with Crippen molar-refractivity contribution in [1.29, 1.82) is 0 Å². The lowest BCUT2D eigenvalue weighted by molar-refractivity contribution is -0.115. The van der Waals surface area contributed by atoms with Crippen LogP contribution in [0.25, 0.3) is 22.0 Å². The van der Waals surface area contributed by atoms with Crippen molar-refractivity contribution < 1.29 is 4.79 Å². The SMILES string of the molecule is CN(c1cccnc1)c1ccc(NC(=O)Cc2c[nH]c3ccccc23)cc1-c1ccc(C(C)(C)C)cc1. The molecule has 1 amide bonds. The number of rotatable bonds is 6. The number of aromatic nitrogens is 2. The minimum Gasteiger partial charge on any atom is -0.361 e. The van der Waals surface area contributed by atoms with Gasteiger partial charge in [0.15, 0.2) is 0 Å². The Balaban J connectivity index is 1.47. The third-order valence-corrected chi connectivity index (χ3v) is 6.76. The number of anilines is 3. The van der Waals surface area contributed by atoms with Crippen LogP contribution in [0.1, 0.15) is 31.9 Å². The highest BCUT2D eigenvalue weighted by molar-refractivity contribution is 5.97. The normalized spacial score (nSPS) is 11.5. The minimum absolute atomic E-state index is 0.0489. The topological polar surface area (TPSA) is 61.0 Å². The fourth-order valence-electron chi connectivity index (χ4n) is 4.63. The van der Waals surface area contributed by atoms with Crippen LogP contribution in [0.3, 0.4) is 0 Å². The minimum atomic E-state index is -0.0489. The Hall–Kier alpha value is -4.38. The Morgan fingerprint density at radius 2 is 1.76 bits per heavy atom. The number of nitrogens with zero attached hydrogens (tertiary/aromatic N) is 2. The van der Waals surface area contributed by atoms with Gasteiger partial charge in [0.25, 0.3) is 0 Å². The van der Waals surface area contributed by atoms with Gasteiger partial charge in [-0.1, -0.05) is 63.2 Å². The average Bonchev–Trinajstić information content (AvgIpc) is 3.31. The van der Waals surface area contributed by atoms with Crippen LogP contribution in [-0.4, -0.2) is 22.9 Å². The molecule has 0 radical (unpaired) electrons. The van der Waals surface area contributed by atoms with Crippen molar-refractivity contribution in [2.75, 3.05) is 17.3 Å². The molecule has 0 aliphatic rings. The molecule has 0 saturated heterocycles. The van der Waals surface area contributed by atoms with Gasteiger partial charge in [-0.25, -0.2) is 0 Å². The number of amides is 1. The van der Waals surface area contributed by atoms with Crippen molar-refractivity contribution >= 4 is 33.9 Å². The quantitative estimate of drug-likeness (QED) is 0.260. The number of para-hydroxylation sites is 1. The maximum Gasteiger partial charge on any atom is 0.228 e. The van der Waals surface area contributed by atoms with Gasteiger partial charge in [0, 0.05) is 47.3 Å². The number of hydrogen-bond donors (Lipinski definition) is 2. The van der Waals surface area contributed by atoms with E-state index in [1.807, 2.05) is 61.9 Å². The summed E-state index contributed by atoms with van der Waals surface area (Å²) >= 11 is 0. The van der Waals surface area contributed by atoms with Gasteiger partial charge in [-0.15, -0.1) is 0 Å². The van der Waals surface area contributed by atoms with E-state index in [9.17, 15) is 4.79 Å². The highest BCUT2D eigenvalue weighted by atomic mass is 16.1. The zero-order valence-corrected chi connectivity index (χ0v) is 21.7. The van der Waals surface area contributed by atoms with E-state index >= 15 is 0 Å². The molecular formula is C32H32N4O. The molecule has 0 aliphatic heterocycles. The lowest BCUT2D eigenvalue weighted by atomic mass is 9.86. The third kappa shape index (κ3) is 5.26. The van der Waals surface area contributed by atoms with Gasteiger partial charge in [0.05, 0.1) is 18.3 Å². The molecule has 5 rings (SSSR count). The maximum atomic E-state index is 13.0. The van der Waals surface area contributed by atoms with Crippen molar-refractivity contribution in [2.45, 2.75) is 32.6 Å². The summed E-state index contributed by atoms with van der Waals surface area (Å²) in [6.07, 6.45) is 5.84. The van der Waals surface area contributed by atoms with Crippen LogP contribution in [0.4, 0.5) is 17.1 Å². The highest BCUT2D eigenvalue weighted by Crippen LogP contribution is 2.37. The van der Waals surface area contributed by atoms with Crippen LogP contribution in [0.15, 0.2) is 97.5 Å². The summed E-state index contributed by atoms with van der Waals surface area (Å²) in [7, 11) is 2.04. The summed E-state index contributed by atoms with van der Waals surface area (Å²) in [5.74, 6) is -0.0489. The predicted molar refractivity (Wildman–Crippen MR) is 154 cm³/mol. The number of fused-ring (bicyclic) bond motifs is 1. The number of hydrogen-bond acceptors (Lipinski definition) is 3. The maximum absolute atomic E-state index is 13.0. The van der Waals surface area contributed by atoms with E-state index in [0.29, 0.717) is 6.42 Å². The zero-order chi connectivity index (χ0) is 26.0. The van der Waals surface area contributed by atoms with Gasteiger partial charge < -0.3 is 15.2 Å². The van der Waals surface area contributed by atoms with Crippen molar-refractivity contribution in [1.82, 2.24) is 9.97 Å². The van der Waals surface area contributed by atoms with Gasteiger partial charge in [0.1, 0.15) is 0 Å². The molecule has 5 aromatic rings. The molecule has 3 aromatic carbocycles. The number of benzene rings is 3. The van der Waals surface area contributed by atoms with Gasteiger partial charge >= 0.3 is 0 Å². The largest absolute Gasteiger partial charge is 0.361 e. The first-order valence-corrected chi connectivity index (χ1v) is 12.5. The van der Waals surface area contributed by atoms with E-state index in [1.165, 1.54) is 5.56 Å². The van der Waals surface area contributed by atoms with Crippen LogP contribution < -0.4 is 10.2 Å². The molecule has 5 heteroatoms. The Bertz CT molecular complexity index is 1530. The number of aromatic amines is 1. The highest BCUT2D eigenvalue weighted by Gasteiger charge is 2.17. The lowest BCUT2D eigenvalue weighted by Crippen LogP contribution is -2.15. The number of H-pyrrole nitrogens is 1. The van der Waals surface area contributed by atoms with Crippen molar-refractivity contribution in [3.05, 3.63) is 109 Å². The second-order valence-corrected chi connectivity index (χ2v) is 10.4. The second-order valence-electron chi connectivity index (χ2n) is 10.4. The van der Waals surface area contributed by atoms with Crippen LogP contribution in [0, 0.1) is 0 Å². The number of carbonyl (C=O) groups excluding carboxylic acids is 1. The number of carbonyl (C=O) groups is 1.